The molecule has 0 heterocycles. The topological polar surface area (TPSA) is 29.3 Å². The Labute approximate surface area is 105 Å². The number of anilines is 2. The van der Waals surface area contributed by atoms with Crippen LogP contribution >= 0.6 is 0 Å². The summed E-state index contributed by atoms with van der Waals surface area (Å²) in [6.45, 7) is 2.31. The van der Waals surface area contributed by atoms with Gasteiger partial charge in [0, 0.05) is 24.5 Å². The van der Waals surface area contributed by atoms with Gasteiger partial charge < -0.3 is 10.6 Å². The highest BCUT2D eigenvalue weighted by molar-refractivity contribution is 5.53. The molecule has 1 aliphatic carbocycles. The van der Waals surface area contributed by atoms with E-state index in [0.29, 0.717) is 6.04 Å². The van der Waals surface area contributed by atoms with E-state index in [2.05, 4.69) is 31.0 Å². The van der Waals surface area contributed by atoms with Crippen molar-refractivity contribution >= 4 is 11.4 Å². The van der Waals surface area contributed by atoms with Crippen molar-refractivity contribution in [2.24, 2.45) is 5.92 Å². The summed E-state index contributed by atoms with van der Waals surface area (Å²) in [7, 11) is 2.21. The molecule has 1 aliphatic rings. The van der Waals surface area contributed by atoms with Crippen LogP contribution in [0.4, 0.5) is 11.4 Å². The molecule has 0 bridgehead atoms. The number of nitrogens with two attached hydrogens (primary N) is 1. The molecule has 1 aromatic carbocycles. The Bertz CT molecular complexity index is 336. The largest absolute Gasteiger partial charge is 0.399 e. The van der Waals surface area contributed by atoms with Crippen molar-refractivity contribution in [1.82, 2.24) is 0 Å². The molecule has 0 aliphatic heterocycles. The van der Waals surface area contributed by atoms with Crippen LogP contribution in [0.3, 0.4) is 0 Å². The number of rotatable bonds is 3. The summed E-state index contributed by atoms with van der Waals surface area (Å²) in [5.74, 6) is 0.964. The highest BCUT2D eigenvalue weighted by Crippen LogP contribution is 2.31. The zero-order chi connectivity index (χ0) is 12.3. The van der Waals surface area contributed by atoms with Gasteiger partial charge in [-0.25, -0.2) is 0 Å². The molecule has 0 amide bonds. The maximum atomic E-state index is 5.72. The number of benzene rings is 1. The quantitative estimate of drug-likeness (QED) is 0.806. The highest BCUT2D eigenvalue weighted by Gasteiger charge is 2.23. The van der Waals surface area contributed by atoms with Crippen molar-refractivity contribution in [3.63, 3.8) is 0 Å². The van der Waals surface area contributed by atoms with Gasteiger partial charge in [-0.15, -0.1) is 0 Å². The third-order valence-corrected chi connectivity index (χ3v) is 4.24. The van der Waals surface area contributed by atoms with Gasteiger partial charge in [0.25, 0.3) is 0 Å². The number of nitrogen functional groups attached to an aromatic ring is 1. The van der Waals surface area contributed by atoms with Crippen LogP contribution in [0.15, 0.2) is 24.3 Å². The molecular weight excluding hydrogens is 208 g/mol. The Hall–Kier alpha value is -1.18. The van der Waals surface area contributed by atoms with E-state index in [0.717, 1.165) is 11.6 Å². The number of hydrogen-bond donors (Lipinski definition) is 1. The van der Waals surface area contributed by atoms with E-state index in [1.54, 1.807) is 0 Å². The van der Waals surface area contributed by atoms with Gasteiger partial charge in [0.1, 0.15) is 0 Å². The first-order chi connectivity index (χ1) is 8.20. The van der Waals surface area contributed by atoms with Crippen LogP contribution in [0, 0.1) is 5.92 Å². The van der Waals surface area contributed by atoms with Crippen molar-refractivity contribution in [3.05, 3.63) is 24.3 Å². The van der Waals surface area contributed by atoms with Crippen LogP contribution in [0.1, 0.15) is 39.0 Å². The second-order valence-corrected chi connectivity index (χ2v) is 5.29. The van der Waals surface area contributed by atoms with Gasteiger partial charge in [0.15, 0.2) is 0 Å². The summed E-state index contributed by atoms with van der Waals surface area (Å²) < 4.78 is 0. The molecule has 0 atom stereocenters. The van der Waals surface area contributed by atoms with Crippen LogP contribution in [-0.4, -0.2) is 13.1 Å². The minimum absolute atomic E-state index is 0.710. The second-order valence-electron chi connectivity index (χ2n) is 5.29. The molecule has 0 unspecified atom stereocenters. The molecule has 1 fully saturated rings. The van der Waals surface area contributed by atoms with Gasteiger partial charge >= 0.3 is 0 Å². The first kappa shape index (κ1) is 12.3. The number of hydrogen-bond acceptors (Lipinski definition) is 2. The summed E-state index contributed by atoms with van der Waals surface area (Å²) in [6.07, 6.45) is 6.79. The molecule has 17 heavy (non-hydrogen) atoms. The number of nitrogens with zero attached hydrogens (tertiary/aromatic N) is 1. The van der Waals surface area contributed by atoms with E-state index in [-0.39, 0.29) is 0 Å². The molecule has 2 heteroatoms. The van der Waals surface area contributed by atoms with E-state index >= 15 is 0 Å². The van der Waals surface area contributed by atoms with Crippen LogP contribution in [-0.2, 0) is 0 Å². The summed E-state index contributed by atoms with van der Waals surface area (Å²) >= 11 is 0. The summed E-state index contributed by atoms with van der Waals surface area (Å²) in [5.41, 5.74) is 7.86. The van der Waals surface area contributed by atoms with Gasteiger partial charge in [-0.3, -0.25) is 0 Å². The van der Waals surface area contributed by atoms with Crippen LogP contribution < -0.4 is 10.6 Å². The van der Waals surface area contributed by atoms with Gasteiger partial charge in [-0.05, 0) is 55.9 Å². The highest BCUT2D eigenvalue weighted by atomic mass is 15.1. The molecule has 1 saturated carbocycles. The SMILES string of the molecule is CCC1CCC(N(C)c2ccc(N)cc2)CC1. The Morgan fingerprint density at radius 3 is 2.24 bits per heavy atom. The van der Waals surface area contributed by atoms with E-state index in [1.807, 2.05) is 12.1 Å². The molecular formula is C15H24N2. The summed E-state index contributed by atoms with van der Waals surface area (Å²) in [4.78, 5) is 2.42. The smallest absolute Gasteiger partial charge is 0.0367 e. The fourth-order valence-electron chi connectivity index (χ4n) is 2.86. The Morgan fingerprint density at radius 1 is 1.12 bits per heavy atom. The van der Waals surface area contributed by atoms with E-state index < -0.39 is 0 Å². The second kappa shape index (κ2) is 5.44. The minimum atomic E-state index is 0.710. The average molecular weight is 232 g/mol. The van der Waals surface area contributed by atoms with Gasteiger partial charge in [0.2, 0.25) is 0 Å². The van der Waals surface area contributed by atoms with Crippen LogP contribution in [0.2, 0.25) is 0 Å². The zero-order valence-corrected chi connectivity index (χ0v) is 11.0. The summed E-state index contributed by atoms with van der Waals surface area (Å²) in [6, 6.07) is 8.94. The lowest BCUT2D eigenvalue weighted by atomic mass is 9.84. The third kappa shape index (κ3) is 2.93. The fraction of sp³-hybridized carbons (Fsp3) is 0.600. The van der Waals surface area contributed by atoms with Crippen molar-refractivity contribution in [1.29, 1.82) is 0 Å². The molecule has 0 spiro atoms. The van der Waals surface area contributed by atoms with Crippen molar-refractivity contribution < 1.29 is 0 Å². The molecule has 2 N–H and O–H groups in total. The normalized spacial score (nSPS) is 24.6. The lowest BCUT2D eigenvalue weighted by Gasteiger charge is -2.35. The van der Waals surface area contributed by atoms with Crippen molar-refractivity contribution in [3.8, 4) is 0 Å². The predicted octanol–water partition coefficient (Wildman–Crippen LogP) is 3.67. The van der Waals surface area contributed by atoms with E-state index in [9.17, 15) is 0 Å². The van der Waals surface area contributed by atoms with Gasteiger partial charge in [-0.1, -0.05) is 13.3 Å². The molecule has 1 aromatic rings. The molecule has 0 radical (unpaired) electrons. The van der Waals surface area contributed by atoms with E-state index in [1.165, 1.54) is 37.8 Å². The lowest BCUT2D eigenvalue weighted by molar-refractivity contribution is 0.313. The minimum Gasteiger partial charge on any atom is -0.399 e. The van der Waals surface area contributed by atoms with Crippen LogP contribution in [0.5, 0.6) is 0 Å². The van der Waals surface area contributed by atoms with Crippen molar-refractivity contribution in [2.75, 3.05) is 17.7 Å². The maximum Gasteiger partial charge on any atom is 0.0367 e. The van der Waals surface area contributed by atoms with Crippen LogP contribution in [0.25, 0.3) is 0 Å². The summed E-state index contributed by atoms with van der Waals surface area (Å²) in [5, 5.41) is 0. The van der Waals surface area contributed by atoms with E-state index in [4.69, 9.17) is 5.73 Å². The molecule has 2 nitrogen and oxygen atoms in total. The molecule has 2 rings (SSSR count). The van der Waals surface area contributed by atoms with Crippen molar-refractivity contribution in [2.45, 2.75) is 45.1 Å². The standard InChI is InChI=1S/C15H24N2/c1-3-12-4-8-14(9-5-12)17(2)15-10-6-13(16)7-11-15/h6-7,10-12,14H,3-5,8-9,16H2,1-2H3. The third-order valence-electron chi connectivity index (χ3n) is 4.24. The predicted molar refractivity (Wildman–Crippen MR) is 75.3 cm³/mol. The molecule has 0 saturated heterocycles. The first-order valence-electron chi connectivity index (χ1n) is 6.79. The molecule has 94 valence electrons. The first-order valence-corrected chi connectivity index (χ1v) is 6.79. The fourth-order valence-corrected chi connectivity index (χ4v) is 2.86. The lowest BCUT2D eigenvalue weighted by Crippen LogP contribution is -2.35. The Balaban J connectivity index is 1.96. The monoisotopic (exact) mass is 232 g/mol. The molecule has 0 aromatic heterocycles. The maximum absolute atomic E-state index is 5.72. The zero-order valence-electron chi connectivity index (χ0n) is 11.0. The van der Waals surface area contributed by atoms with Gasteiger partial charge in [-0.2, -0.15) is 0 Å². The Kier molecular flexibility index (Phi) is 3.93. The van der Waals surface area contributed by atoms with Gasteiger partial charge in [0.05, 0.1) is 0 Å². The Morgan fingerprint density at radius 2 is 1.71 bits per heavy atom. The average Bonchev–Trinajstić information content (AvgIpc) is 2.39.